The minimum absolute atomic E-state index is 0.0376. The smallest absolute Gasteiger partial charge is 0.310 e. The predicted molar refractivity (Wildman–Crippen MR) is 105 cm³/mol. The third-order valence-electron chi connectivity index (χ3n) is 4.90. The highest BCUT2D eigenvalue weighted by atomic mass is 32.2. The number of alkyl halides is 3. The van der Waals surface area contributed by atoms with Crippen molar-refractivity contribution in [2.24, 2.45) is 0 Å². The third kappa shape index (κ3) is 3.66. The Kier molecular flexibility index (Phi) is 5.12. The van der Waals surface area contributed by atoms with Gasteiger partial charge in [0.15, 0.2) is 0 Å². The molecule has 1 saturated heterocycles. The SMILES string of the molecule is O=C1CN(Cc2ccnc3ccc(F)cc23)C(=O)N1c1ccc(S(=O)(=O)C(F)(F)F)cc1. The van der Waals surface area contributed by atoms with Crippen LogP contribution in [0.25, 0.3) is 10.9 Å². The van der Waals surface area contributed by atoms with Gasteiger partial charge in [-0.15, -0.1) is 0 Å². The molecule has 7 nitrogen and oxygen atoms in total. The van der Waals surface area contributed by atoms with Crippen LogP contribution in [0.15, 0.2) is 59.6 Å². The Hall–Kier alpha value is -3.54. The minimum Gasteiger partial charge on any atom is -0.310 e. The summed E-state index contributed by atoms with van der Waals surface area (Å²) in [6.07, 6.45) is 1.48. The lowest BCUT2D eigenvalue weighted by Crippen LogP contribution is -2.33. The standard InChI is InChI=1S/C20H13F4N3O4S/c21-13-1-6-17-16(9-13)12(7-8-25-17)10-26-11-18(28)27(19(26)29)14-2-4-15(5-3-14)32(30,31)20(22,23)24/h1-9H,10-11H2. The molecule has 12 heteroatoms. The zero-order valence-electron chi connectivity index (χ0n) is 16.0. The Balaban J connectivity index is 1.60. The number of imide groups is 1. The first-order valence-corrected chi connectivity index (χ1v) is 10.5. The monoisotopic (exact) mass is 467 g/mol. The van der Waals surface area contributed by atoms with E-state index in [4.69, 9.17) is 0 Å². The van der Waals surface area contributed by atoms with Crippen LogP contribution in [0.1, 0.15) is 5.56 Å². The van der Waals surface area contributed by atoms with Crippen LogP contribution in [-0.2, 0) is 21.2 Å². The highest BCUT2D eigenvalue weighted by molar-refractivity contribution is 7.92. The van der Waals surface area contributed by atoms with Gasteiger partial charge in [-0.3, -0.25) is 9.78 Å². The third-order valence-corrected chi connectivity index (χ3v) is 6.40. The molecule has 0 radical (unpaired) electrons. The first kappa shape index (κ1) is 21.7. The Bertz CT molecular complexity index is 1340. The molecule has 3 amide bonds. The Morgan fingerprint density at radius 2 is 1.69 bits per heavy atom. The van der Waals surface area contributed by atoms with Gasteiger partial charge < -0.3 is 4.90 Å². The molecule has 2 heterocycles. The highest BCUT2D eigenvalue weighted by Gasteiger charge is 2.47. The lowest BCUT2D eigenvalue weighted by atomic mass is 10.1. The van der Waals surface area contributed by atoms with Crippen molar-refractivity contribution in [2.45, 2.75) is 16.9 Å². The number of anilines is 1. The Morgan fingerprint density at radius 1 is 1.00 bits per heavy atom. The number of hydrogen-bond acceptors (Lipinski definition) is 5. The number of carbonyl (C=O) groups excluding carboxylic acids is 2. The predicted octanol–water partition coefficient (Wildman–Crippen LogP) is 3.64. The fourth-order valence-corrected chi connectivity index (χ4v) is 4.12. The quantitative estimate of drug-likeness (QED) is 0.432. The summed E-state index contributed by atoms with van der Waals surface area (Å²) in [5, 5.41) is 0.466. The Labute approximate surface area is 178 Å². The number of sulfone groups is 1. The van der Waals surface area contributed by atoms with Crippen molar-refractivity contribution in [1.82, 2.24) is 9.88 Å². The van der Waals surface area contributed by atoms with Crippen LogP contribution in [0.3, 0.4) is 0 Å². The van der Waals surface area contributed by atoms with E-state index in [-0.39, 0.29) is 18.8 Å². The fraction of sp³-hybridized carbons (Fsp3) is 0.150. The molecule has 32 heavy (non-hydrogen) atoms. The summed E-state index contributed by atoms with van der Waals surface area (Å²) in [5.74, 6) is -1.14. The molecule has 0 bridgehead atoms. The van der Waals surface area contributed by atoms with E-state index in [0.717, 1.165) is 17.0 Å². The van der Waals surface area contributed by atoms with Crippen LogP contribution >= 0.6 is 0 Å². The molecule has 0 spiro atoms. The second-order valence-electron chi connectivity index (χ2n) is 6.94. The van der Waals surface area contributed by atoms with Gasteiger partial charge in [0.05, 0.1) is 16.1 Å². The highest BCUT2D eigenvalue weighted by Crippen LogP contribution is 2.32. The van der Waals surface area contributed by atoms with E-state index in [1.165, 1.54) is 29.3 Å². The molecule has 1 aliphatic heterocycles. The first-order valence-electron chi connectivity index (χ1n) is 9.05. The maximum atomic E-state index is 13.7. The molecular weight excluding hydrogens is 454 g/mol. The number of nitrogens with zero attached hydrogens (tertiary/aromatic N) is 3. The van der Waals surface area contributed by atoms with Gasteiger partial charge in [0, 0.05) is 18.1 Å². The van der Waals surface area contributed by atoms with Crippen LogP contribution < -0.4 is 4.90 Å². The number of amides is 3. The number of fused-ring (bicyclic) bond motifs is 1. The maximum absolute atomic E-state index is 13.7. The number of carbonyl (C=O) groups is 2. The van der Waals surface area contributed by atoms with Gasteiger partial charge in [0.25, 0.3) is 15.7 Å². The average Bonchev–Trinajstić information content (AvgIpc) is 3.00. The summed E-state index contributed by atoms with van der Waals surface area (Å²) in [5.41, 5.74) is -4.50. The number of urea groups is 1. The summed E-state index contributed by atoms with van der Waals surface area (Å²) in [7, 11) is -5.55. The van der Waals surface area contributed by atoms with E-state index < -0.39 is 38.0 Å². The van der Waals surface area contributed by atoms with Gasteiger partial charge >= 0.3 is 11.5 Å². The number of hydrogen-bond donors (Lipinski definition) is 0. The van der Waals surface area contributed by atoms with Gasteiger partial charge in [-0.25, -0.2) is 22.5 Å². The van der Waals surface area contributed by atoms with Crippen molar-refractivity contribution in [1.29, 1.82) is 0 Å². The van der Waals surface area contributed by atoms with Gasteiger partial charge in [-0.05, 0) is 54.1 Å². The molecule has 1 fully saturated rings. The number of pyridine rings is 1. The number of aromatic nitrogens is 1. The van der Waals surface area contributed by atoms with Crippen LogP contribution in [0.2, 0.25) is 0 Å². The van der Waals surface area contributed by atoms with Gasteiger partial charge in [0.1, 0.15) is 12.4 Å². The molecule has 0 N–H and O–H groups in total. The lowest BCUT2D eigenvalue weighted by Gasteiger charge is -2.18. The molecule has 0 atom stereocenters. The van der Waals surface area contributed by atoms with Crippen LogP contribution in [0.4, 0.5) is 28.0 Å². The lowest BCUT2D eigenvalue weighted by molar-refractivity contribution is -0.116. The van der Waals surface area contributed by atoms with E-state index in [1.807, 2.05) is 0 Å². The molecule has 0 unspecified atom stereocenters. The summed E-state index contributed by atoms with van der Waals surface area (Å²) in [6, 6.07) is 8.09. The zero-order chi connectivity index (χ0) is 23.3. The van der Waals surface area contributed by atoms with Crippen molar-refractivity contribution < 1.29 is 35.6 Å². The largest absolute Gasteiger partial charge is 0.501 e. The second kappa shape index (κ2) is 7.55. The maximum Gasteiger partial charge on any atom is 0.501 e. The molecule has 2 aromatic carbocycles. The van der Waals surface area contributed by atoms with Gasteiger partial charge in [0.2, 0.25) is 0 Å². The molecular formula is C20H13F4N3O4S. The average molecular weight is 467 g/mol. The number of benzene rings is 2. The summed E-state index contributed by atoms with van der Waals surface area (Å²) < 4.78 is 74.7. The van der Waals surface area contributed by atoms with Crippen molar-refractivity contribution in [2.75, 3.05) is 11.4 Å². The van der Waals surface area contributed by atoms with E-state index >= 15 is 0 Å². The molecule has 1 aliphatic rings. The summed E-state index contributed by atoms with van der Waals surface area (Å²) >= 11 is 0. The van der Waals surface area contributed by atoms with Crippen molar-refractivity contribution in [3.63, 3.8) is 0 Å². The zero-order valence-corrected chi connectivity index (χ0v) is 16.8. The minimum atomic E-state index is -5.55. The first-order chi connectivity index (χ1) is 15.0. The van der Waals surface area contributed by atoms with Crippen molar-refractivity contribution in [3.8, 4) is 0 Å². The Morgan fingerprint density at radius 3 is 2.34 bits per heavy atom. The molecule has 4 rings (SSSR count). The second-order valence-corrected chi connectivity index (χ2v) is 8.88. The van der Waals surface area contributed by atoms with E-state index in [0.29, 0.717) is 28.6 Å². The molecule has 0 aliphatic carbocycles. The summed E-state index contributed by atoms with van der Waals surface area (Å²) in [6.45, 7) is -0.356. The van der Waals surface area contributed by atoms with E-state index in [2.05, 4.69) is 4.98 Å². The van der Waals surface area contributed by atoms with E-state index in [9.17, 15) is 35.6 Å². The number of halogens is 4. The fourth-order valence-electron chi connectivity index (χ4n) is 3.35. The van der Waals surface area contributed by atoms with Crippen molar-refractivity contribution in [3.05, 3.63) is 66.1 Å². The normalized spacial score (nSPS) is 15.1. The molecule has 3 aromatic rings. The van der Waals surface area contributed by atoms with E-state index in [1.54, 1.807) is 6.07 Å². The van der Waals surface area contributed by atoms with Gasteiger partial charge in [-0.1, -0.05) is 0 Å². The van der Waals surface area contributed by atoms with Crippen LogP contribution in [0.5, 0.6) is 0 Å². The van der Waals surface area contributed by atoms with Gasteiger partial charge in [-0.2, -0.15) is 13.2 Å². The summed E-state index contributed by atoms with van der Waals surface area (Å²) in [4.78, 5) is 30.3. The molecule has 166 valence electrons. The van der Waals surface area contributed by atoms with Crippen LogP contribution in [-0.4, -0.2) is 42.3 Å². The molecule has 0 saturated carbocycles. The van der Waals surface area contributed by atoms with Crippen molar-refractivity contribution >= 4 is 38.4 Å². The molecule has 1 aromatic heterocycles. The topological polar surface area (TPSA) is 87.7 Å². The van der Waals surface area contributed by atoms with Crippen LogP contribution in [0, 0.1) is 5.82 Å². The number of rotatable bonds is 4.